The summed E-state index contributed by atoms with van der Waals surface area (Å²) < 4.78 is 1.89. The van der Waals surface area contributed by atoms with Gasteiger partial charge in [-0.2, -0.15) is 5.10 Å². The molecule has 3 nitrogen and oxygen atoms in total. The molecule has 1 aliphatic carbocycles. The van der Waals surface area contributed by atoms with Crippen LogP contribution < -0.4 is 5.32 Å². The van der Waals surface area contributed by atoms with E-state index in [0.717, 1.165) is 19.1 Å². The molecule has 4 heteroatoms. The fraction of sp³-hybridized carbons (Fsp3) is 0.727. The Morgan fingerprint density at radius 2 is 2.20 bits per heavy atom. The molecule has 0 aromatic carbocycles. The monoisotopic (exact) mass is 227 g/mol. The minimum Gasteiger partial charge on any atom is -0.312 e. The highest BCUT2D eigenvalue weighted by Crippen LogP contribution is 2.17. The minimum absolute atomic E-state index is 0.715. The maximum absolute atomic E-state index is 5.78. The molecule has 1 fully saturated rings. The number of aromatic nitrogens is 2. The Balaban J connectivity index is 1.65. The standard InChI is InChI=1S/C11H18ClN3/c12-10-8-14-15(9-10)7-6-13-11-4-2-1-3-5-11/h8-9,11,13H,1-7H2. The van der Waals surface area contributed by atoms with Crippen molar-refractivity contribution >= 4 is 11.6 Å². The Hall–Kier alpha value is -0.540. The lowest BCUT2D eigenvalue weighted by molar-refractivity contribution is 0.365. The van der Waals surface area contributed by atoms with Crippen LogP contribution in [0.4, 0.5) is 0 Å². The molecule has 1 aromatic heterocycles. The molecule has 0 spiro atoms. The summed E-state index contributed by atoms with van der Waals surface area (Å²) in [5.74, 6) is 0. The van der Waals surface area contributed by atoms with Crippen molar-refractivity contribution in [2.75, 3.05) is 6.54 Å². The van der Waals surface area contributed by atoms with E-state index in [-0.39, 0.29) is 0 Å². The Labute approximate surface area is 95.8 Å². The van der Waals surface area contributed by atoms with Gasteiger partial charge in [0, 0.05) is 18.8 Å². The fourth-order valence-electron chi connectivity index (χ4n) is 2.15. The molecule has 0 saturated heterocycles. The summed E-state index contributed by atoms with van der Waals surface area (Å²) in [5.41, 5.74) is 0. The number of rotatable bonds is 4. The first-order chi connectivity index (χ1) is 7.34. The number of hydrogen-bond donors (Lipinski definition) is 1. The van der Waals surface area contributed by atoms with E-state index in [9.17, 15) is 0 Å². The summed E-state index contributed by atoms with van der Waals surface area (Å²) in [6, 6.07) is 0.727. The predicted octanol–water partition coefficient (Wildman–Crippen LogP) is 2.46. The minimum atomic E-state index is 0.715. The van der Waals surface area contributed by atoms with Crippen molar-refractivity contribution in [1.82, 2.24) is 15.1 Å². The van der Waals surface area contributed by atoms with Crippen molar-refractivity contribution in [2.45, 2.75) is 44.7 Å². The smallest absolute Gasteiger partial charge is 0.0785 e. The fourth-order valence-corrected chi connectivity index (χ4v) is 2.31. The quantitative estimate of drug-likeness (QED) is 0.857. The summed E-state index contributed by atoms with van der Waals surface area (Å²) in [4.78, 5) is 0. The number of hydrogen-bond acceptors (Lipinski definition) is 2. The van der Waals surface area contributed by atoms with Gasteiger partial charge in [-0.05, 0) is 12.8 Å². The van der Waals surface area contributed by atoms with Gasteiger partial charge in [0.2, 0.25) is 0 Å². The second-order valence-corrected chi connectivity index (χ2v) is 4.65. The van der Waals surface area contributed by atoms with E-state index in [1.807, 2.05) is 10.9 Å². The zero-order chi connectivity index (χ0) is 10.5. The molecule has 0 atom stereocenters. The van der Waals surface area contributed by atoms with Crippen LogP contribution in [0.15, 0.2) is 12.4 Å². The first-order valence-electron chi connectivity index (χ1n) is 5.76. The summed E-state index contributed by atoms with van der Waals surface area (Å²) in [7, 11) is 0. The van der Waals surface area contributed by atoms with Crippen LogP contribution in [-0.2, 0) is 6.54 Å². The van der Waals surface area contributed by atoms with Crippen LogP contribution in [0.1, 0.15) is 32.1 Å². The second kappa shape index (κ2) is 5.52. The molecular weight excluding hydrogens is 210 g/mol. The van der Waals surface area contributed by atoms with E-state index < -0.39 is 0 Å². The molecule has 0 bridgehead atoms. The molecule has 0 aliphatic heterocycles. The summed E-state index contributed by atoms with van der Waals surface area (Å²) in [6.45, 7) is 1.89. The van der Waals surface area contributed by atoms with Gasteiger partial charge in [-0.25, -0.2) is 0 Å². The predicted molar refractivity (Wildman–Crippen MR) is 62.1 cm³/mol. The SMILES string of the molecule is Clc1cnn(CCNC2CCCCC2)c1. The first kappa shape index (κ1) is 11.0. The lowest BCUT2D eigenvalue weighted by Crippen LogP contribution is -2.33. The van der Waals surface area contributed by atoms with Gasteiger partial charge in [0.25, 0.3) is 0 Å². The van der Waals surface area contributed by atoms with Gasteiger partial charge in [-0.1, -0.05) is 30.9 Å². The average Bonchev–Trinajstić information content (AvgIpc) is 2.66. The Kier molecular flexibility index (Phi) is 4.03. The molecular formula is C11H18ClN3. The van der Waals surface area contributed by atoms with Crippen molar-refractivity contribution in [1.29, 1.82) is 0 Å². The highest BCUT2D eigenvalue weighted by atomic mass is 35.5. The maximum Gasteiger partial charge on any atom is 0.0785 e. The highest BCUT2D eigenvalue weighted by Gasteiger charge is 2.11. The number of nitrogens with one attached hydrogen (secondary N) is 1. The van der Waals surface area contributed by atoms with Crippen molar-refractivity contribution in [3.05, 3.63) is 17.4 Å². The van der Waals surface area contributed by atoms with E-state index in [4.69, 9.17) is 11.6 Å². The van der Waals surface area contributed by atoms with E-state index in [1.165, 1.54) is 32.1 Å². The topological polar surface area (TPSA) is 29.9 Å². The molecule has 0 amide bonds. The van der Waals surface area contributed by atoms with Crippen LogP contribution >= 0.6 is 11.6 Å². The number of nitrogens with zero attached hydrogens (tertiary/aromatic N) is 2. The number of halogens is 1. The summed E-state index contributed by atoms with van der Waals surface area (Å²) >= 11 is 5.78. The molecule has 1 N–H and O–H groups in total. The Morgan fingerprint density at radius 1 is 1.40 bits per heavy atom. The molecule has 2 rings (SSSR count). The zero-order valence-electron chi connectivity index (χ0n) is 8.95. The summed E-state index contributed by atoms with van der Waals surface area (Å²) in [6.07, 6.45) is 10.4. The lowest BCUT2D eigenvalue weighted by atomic mass is 9.95. The largest absolute Gasteiger partial charge is 0.312 e. The molecule has 15 heavy (non-hydrogen) atoms. The molecule has 0 radical (unpaired) electrons. The third-order valence-electron chi connectivity index (χ3n) is 2.98. The van der Waals surface area contributed by atoms with Gasteiger partial charge in [0.1, 0.15) is 0 Å². The molecule has 1 aliphatic rings. The van der Waals surface area contributed by atoms with Crippen molar-refractivity contribution in [3.63, 3.8) is 0 Å². The van der Waals surface area contributed by atoms with E-state index >= 15 is 0 Å². The van der Waals surface area contributed by atoms with Crippen LogP contribution in [0, 0.1) is 0 Å². The lowest BCUT2D eigenvalue weighted by Gasteiger charge is -2.22. The molecule has 84 valence electrons. The maximum atomic E-state index is 5.78. The third-order valence-corrected chi connectivity index (χ3v) is 3.18. The average molecular weight is 228 g/mol. The van der Waals surface area contributed by atoms with Crippen LogP contribution in [0.3, 0.4) is 0 Å². The Morgan fingerprint density at radius 3 is 2.87 bits per heavy atom. The second-order valence-electron chi connectivity index (χ2n) is 4.21. The highest BCUT2D eigenvalue weighted by molar-refractivity contribution is 6.30. The van der Waals surface area contributed by atoms with E-state index in [1.54, 1.807) is 6.20 Å². The normalized spacial score (nSPS) is 18.2. The van der Waals surface area contributed by atoms with Crippen molar-refractivity contribution in [3.8, 4) is 0 Å². The van der Waals surface area contributed by atoms with Gasteiger partial charge in [-0.15, -0.1) is 0 Å². The van der Waals surface area contributed by atoms with Crippen LogP contribution in [0.5, 0.6) is 0 Å². The van der Waals surface area contributed by atoms with E-state index in [0.29, 0.717) is 5.02 Å². The van der Waals surface area contributed by atoms with Crippen LogP contribution in [0.2, 0.25) is 5.02 Å². The molecule has 1 aromatic rings. The van der Waals surface area contributed by atoms with Crippen molar-refractivity contribution in [2.24, 2.45) is 0 Å². The Bertz CT molecular complexity index is 292. The van der Waals surface area contributed by atoms with Gasteiger partial charge in [0.05, 0.1) is 17.8 Å². The van der Waals surface area contributed by atoms with Gasteiger partial charge < -0.3 is 5.32 Å². The zero-order valence-corrected chi connectivity index (χ0v) is 9.71. The van der Waals surface area contributed by atoms with Gasteiger partial charge in [0.15, 0.2) is 0 Å². The van der Waals surface area contributed by atoms with Crippen LogP contribution in [0.25, 0.3) is 0 Å². The molecule has 1 saturated carbocycles. The van der Waals surface area contributed by atoms with E-state index in [2.05, 4.69) is 10.4 Å². The van der Waals surface area contributed by atoms with Crippen LogP contribution in [-0.4, -0.2) is 22.4 Å². The molecule has 1 heterocycles. The third kappa shape index (κ3) is 3.50. The van der Waals surface area contributed by atoms with Crippen molar-refractivity contribution < 1.29 is 0 Å². The summed E-state index contributed by atoms with van der Waals surface area (Å²) in [5, 5.41) is 8.43. The first-order valence-corrected chi connectivity index (χ1v) is 6.14. The van der Waals surface area contributed by atoms with Gasteiger partial charge >= 0.3 is 0 Å². The molecule has 0 unspecified atom stereocenters. The van der Waals surface area contributed by atoms with Gasteiger partial charge in [-0.3, -0.25) is 4.68 Å².